The Balaban J connectivity index is 1.29. The summed E-state index contributed by atoms with van der Waals surface area (Å²) >= 11 is 3.17. The van der Waals surface area contributed by atoms with E-state index in [1.807, 2.05) is 35.2 Å². The predicted molar refractivity (Wildman–Crippen MR) is 162 cm³/mol. The van der Waals surface area contributed by atoms with Crippen LogP contribution in [0.2, 0.25) is 0 Å². The molecule has 240 valence electrons. The maximum atomic E-state index is 14.1. The van der Waals surface area contributed by atoms with E-state index >= 15 is 0 Å². The highest BCUT2D eigenvalue weighted by Crippen LogP contribution is 2.45. The molecule has 2 aromatic carbocycles. The fourth-order valence-corrected chi connectivity index (χ4v) is 6.33. The van der Waals surface area contributed by atoms with Crippen LogP contribution in [0.25, 0.3) is 0 Å². The van der Waals surface area contributed by atoms with Gasteiger partial charge in [-0.05, 0) is 43.2 Å². The van der Waals surface area contributed by atoms with Crippen LogP contribution in [0.1, 0.15) is 43.4 Å². The summed E-state index contributed by atoms with van der Waals surface area (Å²) in [5, 5.41) is 0. The van der Waals surface area contributed by atoms with E-state index in [1.54, 1.807) is 13.0 Å². The molecule has 0 saturated carbocycles. The molecule has 2 saturated heterocycles. The Labute approximate surface area is 266 Å². The molecule has 14 heteroatoms. The number of rotatable bonds is 8. The number of ether oxygens (including phenoxy) is 3. The maximum absolute atomic E-state index is 14.1. The van der Waals surface area contributed by atoms with Gasteiger partial charge in [0.1, 0.15) is 18.5 Å². The summed E-state index contributed by atoms with van der Waals surface area (Å²) in [5.41, 5.74) is 6.24. The summed E-state index contributed by atoms with van der Waals surface area (Å²) in [5.74, 6) is -0.708. The first-order valence-electron chi connectivity index (χ1n) is 14.5. The van der Waals surface area contributed by atoms with Crippen molar-refractivity contribution in [3.05, 3.63) is 76.3 Å². The van der Waals surface area contributed by atoms with Crippen LogP contribution in [0.15, 0.2) is 65.1 Å². The number of amides is 1. The summed E-state index contributed by atoms with van der Waals surface area (Å²) in [6.45, 7) is 3.16. The lowest BCUT2D eigenvalue weighted by Gasteiger charge is -2.39. The first kappa shape index (κ1) is 32.3. The van der Waals surface area contributed by atoms with E-state index in [4.69, 9.17) is 19.9 Å². The van der Waals surface area contributed by atoms with Crippen LogP contribution in [-0.4, -0.2) is 65.4 Å². The summed E-state index contributed by atoms with van der Waals surface area (Å²) in [6.07, 6.45) is -6.05. The molecular weight excluding hydrogens is 659 g/mol. The van der Waals surface area contributed by atoms with Crippen LogP contribution < -0.4 is 15.4 Å². The second-order valence-corrected chi connectivity index (χ2v) is 12.0. The monoisotopic (exact) mass is 691 g/mol. The fraction of sp³-hybridized carbons (Fsp3) is 0.419. The van der Waals surface area contributed by atoms with Crippen molar-refractivity contribution in [3.63, 3.8) is 0 Å². The van der Waals surface area contributed by atoms with E-state index in [-0.39, 0.29) is 35.1 Å². The second kappa shape index (κ2) is 13.5. The zero-order valence-corrected chi connectivity index (χ0v) is 26.1. The van der Waals surface area contributed by atoms with E-state index in [9.17, 15) is 22.8 Å². The Kier molecular flexibility index (Phi) is 9.70. The van der Waals surface area contributed by atoms with Crippen molar-refractivity contribution in [3.8, 4) is 5.88 Å². The summed E-state index contributed by atoms with van der Waals surface area (Å²) in [4.78, 5) is 37.6. The minimum Gasteiger partial charge on any atom is -0.464 e. The number of benzene rings is 2. The van der Waals surface area contributed by atoms with Gasteiger partial charge < -0.3 is 24.8 Å². The van der Waals surface area contributed by atoms with Crippen molar-refractivity contribution in [1.29, 1.82) is 0 Å². The number of nitrogens with zero attached hydrogens (tertiary/aromatic N) is 4. The molecule has 1 spiro atoms. The molecule has 3 aromatic rings. The van der Waals surface area contributed by atoms with Crippen LogP contribution in [0.4, 0.5) is 29.7 Å². The molecule has 0 aliphatic carbocycles. The van der Waals surface area contributed by atoms with Crippen LogP contribution in [-0.2, 0) is 20.9 Å². The van der Waals surface area contributed by atoms with Crippen LogP contribution in [0.3, 0.4) is 0 Å². The Hall–Kier alpha value is -4.07. The van der Waals surface area contributed by atoms with Gasteiger partial charge in [-0.2, -0.15) is 23.1 Å². The van der Waals surface area contributed by atoms with Crippen molar-refractivity contribution in [2.24, 2.45) is 5.41 Å². The molecule has 2 aliphatic rings. The van der Waals surface area contributed by atoms with Gasteiger partial charge in [0.2, 0.25) is 17.9 Å². The van der Waals surface area contributed by atoms with Crippen molar-refractivity contribution < 1.29 is 37.0 Å². The molecule has 10 nitrogen and oxygen atoms in total. The molecule has 3 heterocycles. The molecule has 1 amide bonds. The van der Waals surface area contributed by atoms with E-state index < -0.39 is 35.8 Å². The molecule has 1 aromatic heterocycles. The van der Waals surface area contributed by atoms with Gasteiger partial charge in [0.15, 0.2) is 0 Å². The van der Waals surface area contributed by atoms with Crippen molar-refractivity contribution in [1.82, 2.24) is 14.9 Å². The highest BCUT2D eigenvalue weighted by Gasteiger charge is 2.51. The molecule has 1 unspecified atom stereocenters. The Bertz CT molecular complexity index is 1500. The number of nitrogens with two attached hydrogens (primary N) is 1. The largest absolute Gasteiger partial charge is 0.464 e. The third kappa shape index (κ3) is 7.60. The third-order valence-electron chi connectivity index (χ3n) is 8.08. The number of hydrogen-bond acceptors (Lipinski definition) is 9. The number of nitrogen functional groups attached to an aromatic ring is 1. The van der Waals surface area contributed by atoms with Gasteiger partial charge in [0, 0.05) is 35.7 Å². The molecule has 2 aliphatic heterocycles. The number of anilines is 2. The Morgan fingerprint density at radius 3 is 2.42 bits per heavy atom. The molecule has 2 N–H and O–H groups in total. The third-order valence-corrected chi connectivity index (χ3v) is 8.81. The van der Waals surface area contributed by atoms with Crippen LogP contribution >= 0.6 is 15.9 Å². The number of aromatic nitrogens is 2. The van der Waals surface area contributed by atoms with E-state index in [0.717, 1.165) is 5.56 Å². The van der Waals surface area contributed by atoms with Crippen molar-refractivity contribution in [2.45, 2.75) is 51.1 Å². The number of likely N-dealkylation sites (tertiary alicyclic amines) is 1. The fourth-order valence-electron chi connectivity index (χ4n) is 5.84. The van der Waals surface area contributed by atoms with E-state index in [0.29, 0.717) is 44.7 Å². The number of carbonyl (C=O) groups is 2. The summed E-state index contributed by atoms with van der Waals surface area (Å²) < 4.78 is 58.6. The predicted octanol–water partition coefficient (Wildman–Crippen LogP) is 6.06. The molecule has 45 heavy (non-hydrogen) atoms. The highest BCUT2D eigenvalue weighted by molar-refractivity contribution is 9.10. The van der Waals surface area contributed by atoms with Gasteiger partial charge in [-0.1, -0.05) is 64.5 Å². The smallest absolute Gasteiger partial charge is 0.429 e. The molecule has 0 bridgehead atoms. The zero-order valence-electron chi connectivity index (χ0n) is 24.5. The standard InChI is InChI=1S/C31H33BrF3N5O5/c1-2-43-27(41)23-17-30(19-40(23)29(42)44-18-20-8-4-3-5-9-20)12-14-39(15-13-30)24-16-25(38-28(36)37-24)45-26(31(33,34)35)21-10-6-7-11-22(21)32/h3-11,16,23,26H,2,12-15,17-19H2,1H3,(H2,36,37,38)/t23?,26-/m1/s1. The minimum atomic E-state index is -4.73. The van der Waals surface area contributed by atoms with E-state index in [2.05, 4.69) is 25.9 Å². The molecule has 2 atom stereocenters. The van der Waals surface area contributed by atoms with E-state index in [1.165, 1.54) is 29.2 Å². The first-order valence-corrected chi connectivity index (χ1v) is 15.3. The SMILES string of the molecule is CCOC(=O)C1CC2(CCN(c3cc(O[C@H](c4ccccc4Br)C(F)(F)F)nc(N)n3)CC2)CN1C(=O)OCc1ccccc1. The van der Waals surface area contributed by atoms with Gasteiger partial charge >= 0.3 is 18.2 Å². The molecular formula is C31H33BrF3N5O5. The molecule has 2 fully saturated rings. The van der Waals surface area contributed by atoms with Gasteiger partial charge in [0.25, 0.3) is 0 Å². The van der Waals surface area contributed by atoms with Crippen LogP contribution in [0, 0.1) is 5.41 Å². The number of esters is 1. The second-order valence-electron chi connectivity index (χ2n) is 11.1. The zero-order chi connectivity index (χ0) is 32.2. The summed E-state index contributed by atoms with van der Waals surface area (Å²) in [7, 11) is 0. The average molecular weight is 693 g/mol. The van der Waals surface area contributed by atoms with Crippen molar-refractivity contribution in [2.75, 3.05) is 36.9 Å². The molecule has 0 radical (unpaired) electrons. The Morgan fingerprint density at radius 1 is 1.07 bits per heavy atom. The Morgan fingerprint density at radius 2 is 1.76 bits per heavy atom. The maximum Gasteiger partial charge on any atom is 0.429 e. The number of hydrogen-bond donors (Lipinski definition) is 1. The topological polar surface area (TPSA) is 120 Å². The minimum absolute atomic E-state index is 0.0719. The van der Waals surface area contributed by atoms with Gasteiger partial charge in [-0.25, -0.2) is 9.59 Å². The quantitative estimate of drug-likeness (QED) is 0.281. The summed E-state index contributed by atoms with van der Waals surface area (Å²) in [6, 6.07) is 15.7. The van der Waals surface area contributed by atoms with Gasteiger partial charge in [-0.3, -0.25) is 4.90 Å². The lowest BCUT2D eigenvalue weighted by molar-refractivity contribution is -0.198. The van der Waals surface area contributed by atoms with Gasteiger partial charge in [0.05, 0.1) is 6.61 Å². The van der Waals surface area contributed by atoms with Gasteiger partial charge in [-0.15, -0.1) is 0 Å². The lowest BCUT2D eigenvalue weighted by Crippen LogP contribution is -2.43. The van der Waals surface area contributed by atoms with Crippen LogP contribution in [0.5, 0.6) is 5.88 Å². The molecule has 5 rings (SSSR count). The lowest BCUT2D eigenvalue weighted by atomic mass is 9.76. The number of halogens is 4. The number of alkyl halides is 3. The average Bonchev–Trinajstić information content (AvgIpc) is 3.38. The number of piperidine rings is 1. The number of carbonyl (C=O) groups excluding carboxylic acids is 2. The first-order chi connectivity index (χ1) is 21.5. The highest BCUT2D eigenvalue weighted by atomic mass is 79.9. The normalized spacial score (nSPS) is 18.5. The van der Waals surface area contributed by atoms with Crippen molar-refractivity contribution >= 4 is 39.8 Å².